The van der Waals surface area contributed by atoms with E-state index in [1.54, 1.807) is 0 Å². The Hall–Kier alpha value is -2.62. The Morgan fingerprint density at radius 1 is 0.806 bits per heavy atom. The van der Waals surface area contributed by atoms with Crippen molar-refractivity contribution in [2.75, 3.05) is 7.11 Å². The first-order chi connectivity index (χ1) is 17.3. The molecule has 4 rings (SSSR count). The van der Waals surface area contributed by atoms with Gasteiger partial charge in [0.15, 0.2) is 0 Å². The first kappa shape index (κ1) is 26.4. The Balaban J connectivity index is 1.47. The Morgan fingerprint density at radius 2 is 1.31 bits per heavy atom. The maximum absolute atomic E-state index is 12.8. The Morgan fingerprint density at radius 3 is 1.81 bits per heavy atom. The number of hydrogen-bond donors (Lipinski definition) is 0. The summed E-state index contributed by atoms with van der Waals surface area (Å²) < 4.78 is 10.6. The number of carbonyl (C=O) groups is 2. The van der Waals surface area contributed by atoms with Crippen LogP contribution < -0.4 is 4.74 Å². The molecule has 0 unspecified atom stereocenters. The molecule has 2 saturated carbocycles. The highest BCUT2D eigenvalue weighted by Crippen LogP contribution is 2.45. The van der Waals surface area contributed by atoms with E-state index in [1.165, 1.54) is 43.1 Å². The van der Waals surface area contributed by atoms with Gasteiger partial charge in [0.2, 0.25) is 0 Å². The molecule has 0 N–H and O–H groups in total. The summed E-state index contributed by atoms with van der Waals surface area (Å²) in [6.45, 7) is 6.87. The number of methoxy groups -OCH3 is 1. The molecule has 0 amide bonds. The predicted molar refractivity (Wildman–Crippen MR) is 143 cm³/mol. The van der Waals surface area contributed by atoms with Crippen LogP contribution in [0, 0.1) is 11.8 Å². The van der Waals surface area contributed by atoms with Crippen LogP contribution in [0.25, 0.3) is 0 Å². The van der Waals surface area contributed by atoms with Gasteiger partial charge in [0.05, 0.1) is 18.9 Å². The average Bonchev–Trinajstić information content (AvgIpc) is 2.93. The molecule has 0 radical (unpaired) electrons. The fraction of sp³-hybridized carbons (Fsp3) is 0.562. The summed E-state index contributed by atoms with van der Waals surface area (Å²) in [7, 11) is 1.42. The Kier molecular flexibility index (Phi) is 8.22. The van der Waals surface area contributed by atoms with Crippen LogP contribution in [0.3, 0.4) is 0 Å². The summed E-state index contributed by atoms with van der Waals surface area (Å²) >= 11 is 0. The van der Waals surface area contributed by atoms with Crippen molar-refractivity contribution in [3.8, 4) is 5.75 Å². The monoisotopic (exact) mass is 490 g/mol. The molecule has 0 atom stereocenters. The van der Waals surface area contributed by atoms with Crippen molar-refractivity contribution in [1.82, 2.24) is 0 Å². The summed E-state index contributed by atoms with van der Waals surface area (Å²) in [4.78, 5) is 24.5. The lowest BCUT2D eigenvalue weighted by atomic mass is 9.65. The van der Waals surface area contributed by atoms with Gasteiger partial charge in [-0.1, -0.05) is 76.4 Å². The predicted octanol–water partition coefficient (Wildman–Crippen LogP) is 7.51. The Bertz CT molecular complexity index is 1020. The van der Waals surface area contributed by atoms with Crippen molar-refractivity contribution in [3.63, 3.8) is 0 Å². The maximum Gasteiger partial charge on any atom is 0.314 e. The largest absolute Gasteiger partial charge is 0.469 e. The summed E-state index contributed by atoms with van der Waals surface area (Å²) in [5.41, 5.74) is 4.29. The number of ether oxygens (including phenoxy) is 2. The van der Waals surface area contributed by atoms with Gasteiger partial charge in [-0.3, -0.25) is 9.59 Å². The molecule has 0 spiro atoms. The van der Waals surface area contributed by atoms with Crippen LogP contribution in [0.4, 0.5) is 0 Å². The lowest BCUT2D eigenvalue weighted by Gasteiger charge is -2.39. The van der Waals surface area contributed by atoms with Gasteiger partial charge in [-0.25, -0.2) is 0 Å². The molecule has 2 fully saturated rings. The van der Waals surface area contributed by atoms with E-state index in [9.17, 15) is 9.59 Å². The van der Waals surface area contributed by atoms with Gasteiger partial charge in [0.25, 0.3) is 0 Å². The quantitative estimate of drug-likeness (QED) is 0.298. The SMILES string of the molecule is CCC(C)(C)c1ccc(C2(c3ccc(OC(=O)C4CCC(C(=O)OC)CC4)cc3)CCCCC2)cc1. The lowest BCUT2D eigenvalue weighted by Crippen LogP contribution is -2.31. The topological polar surface area (TPSA) is 52.6 Å². The summed E-state index contributed by atoms with van der Waals surface area (Å²) in [5, 5.41) is 0. The molecule has 0 saturated heterocycles. The Labute approximate surface area is 216 Å². The number of esters is 2. The normalized spacial score (nSPS) is 22.0. The maximum atomic E-state index is 12.8. The van der Waals surface area contributed by atoms with E-state index in [0.717, 1.165) is 19.3 Å². The molecule has 0 aliphatic heterocycles. The third-order valence-corrected chi connectivity index (χ3v) is 9.03. The second-order valence-corrected chi connectivity index (χ2v) is 11.5. The first-order valence-electron chi connectivity index (χ1n) is 13.8. The highest BCUT2D eigenvalue weighted by molar-refractivity contribution is 5.76. The summed E-state index contributed by atoms with van der Waals surface area (Å²) in [6.07, 6.45) is 9.86. The zero-order valence-corrected chi connectivity index (χ0v) is 22.5. The molecular formula is C32H42O4. The molecule has 2 aromatic rings. The van der Waals surface area contributed by atoms with Crippen molar-refractivity contribution in [3.05, 3.63) is 65.2 Å². The van der Waals surface area contributed by atoms with Gasteiger partial charge < -0.3 is 9.47 Å². The molecule has 0 bridgehead atoms. The van der Waals surface area contributed by atoms with E-state index in [0.29, 0.717) is 31.4 Å². The van der Waals surface area contributed by atoms with Crippen LogP contribution in [0.2, 0.25) is 0 Å². The molecule has 4 heteroatoms. The van der Waals surface area contributed by atoms with Gasteiger partial charge in [-0.2, -0.15) is 0 Å². The fourth-order valence-corrected chi connectivity index (χ4v) is 6.12. The second kappa shape index (κ2) is 11.2. The van der Waals surface area contributed by atoms with Crippen LogP contribution in [-0.4, -0.2) is 19.0 Å². The van der Waals surface area contributed by atoms with Crippen LogP contribution in [0.1, 0.15) is 102 Å². The van der Waals surface area contributed by atoms with Gasteiger partial charge >= 0.3 is 11.9 Å². The van der Waals surface area contributed by atoms with Crippen molar-refractivity contribution >= 4 is 11.9 Å². The zero-order chi connectivity index (χ0) is 25.8. The molecule has 0 aromatic heterocycles. The average molecular weight is 491 g/mol. The smallest absolute Gasteiger partial charge is 0.314 e. The minimum atomic E-state index is -0.187. The first-order valence-corrected chi connectivity index (χ1v) is 13.8. The fourth-order valence-electron chi connectivity index (χ4n) is 6.12. The van der Waals surface area contributed by atoms with E-state index in [-0.39, 0.29) is 34.6 Å². The van der Waals surface area contributed by atoms with Gasteiger partial charge in [0, 0.05) is 5.41 Å². The minimum absolute atomic E-state index is 0.0158. The van der Waals surface area contributed by atoms with Crippen molar-refractivity contribution < 1.29 is 19.1 Å². The number of benzene rings is 2. The van der Waals surface area contributed by atoms with Crippen LogP contribution in [0.15, 0.2) is 48.5 Å². The van der Waals surface area contributed by atoms with Gasteiger partial charge in [-0.15, -0.1) is 0 Å². The molecule has 2 aliphatic rings. The van der Waals surface area contributed by atoms with Crippen LogP contribution in [-0.2, 0) is 25.2 Å². The number of rotatable bonds is 7. The van der Waals surface area contributed by atoms with Crippen molar-refractivity contribution in [2.24, 2.45) is 11.8 Å². The molecule has 194 valence electrons. The van der Waals surface area contributed by atoms with E-state index in [2.05, 4.69) is 57.2 Å². The highest BCUT2D eigenvalue weighted by Gasteiger charge is 2.36. The van der Waals surface area contributed by atoms with E-state index < -0.39 is 0 Å². The van der Waals surface area contributed by atoms with E-state index >= 15 is 0 Å². The van der Waals surface area contributed by atoms with Gasteiger partial charge in [-0.05, 0) is 79.2 Å². The van der Waals surface area contributed by atoms with E-state index in [4.69, 9.17) is 9.47 Å². The number of hydrogen-bond acceptors (Lipinski definition) is 4. The lowest BCUT2D eigenvalue weighted by molar-refractivity contribution is -0.149. The van der Waals surface area contributed by atoms with Crippen LogP contribution in [0.5, 0.6) is 5.75 Å². The highest BCUT2D eigenvalue weighted by atomic mass is 16.5. The van der Waals surface area contributed by atoms with Crippen molar-refractivity contribution in [1.29, 1.82) is 0 Å². The third-order valence-electron chi connectivity index (χ3n) is 9.03. The molecule has 2 aromatic carbocycles. The molecule has 2 aliphatic carbocycles. The molecule has 4 nitrogen and oxygen atoms in total. The summed E-state index contributed by atoms with van der Waals surface area (Å²) in [6, 6.07) is 17.6. The second-order valence-electron chi connectivity index (χ2n) is 11.5. The number of carbonyl (C=O) groups excluding carboxylic acids is 2. The molecular weight excluding hydrogens is 448 g/mol. The molecule has 36 heavy (non-hydrogen) atoms. The van der Waals surface area contributed by atoms with Crippen molar-refractivity contribution in [2.45, 2.75) is 95.8 Å². The van der Waals surface area contributed by atoms with Gasteiger partial charge in [0.1, 0.15) is 5.75 Å². The standard InChI is InChI=1S/C32H42O4/c1-5-31(2,3)25-13-15-26(16-14-25)32(21-7-6-8-22-32)27-17-19-28(20-18-27)36-30(34)24-11-9-23(10-12-24)29(33)35-4/h13-20,23-24H,5-12,21-22H2,1-4H3. The van der Waals surface area contributed by atoms with E-state index in [1.807, 2.05) is 12.1 Å². The third kappa shape index (κ3) is 5.53. The van der Waals surface area contributed by atoms with Crippen LogP contribution >= 0.6 is 0 Å². The molecule has 0 heterocycles. The zero-order valence-electron chi connectivity index (χ0n) is 22.5. The summed E-state index contributed by atoms with van der Waals surface area (Å²) in [5.74, 6) is 0.00321. The minimum Gasteiger partial charge on any atom is -0.469 e.